The second-order valence-corrected chi connectivity index (χ2v) is 6.50. The van der Waals surface area contributed by atoms with Crippen molar-refractivity contribution in [2.24, 2.45) is 0 Å². The molecule has 1 aliphatic rings. The molecular weight excluding hydrogens is 320 g/mol. The Balaban J connectivity index is 1.85. The van der Waals surface area contributed by atoms with E-state index in [-0.39, 0.29) is 5.78 Å². The van der Waals surface area contributed by atoms with Crippen molar-refractivity contribution in [3.63, 3.8) is 0 Å². The maximum Gasteiger partial charge on any atom is 0.187 e. The quantitative estimate of drug-likeness (QED) is 0.621. The fourth-order valence-corrected chi connectivity index (χ4v) is 3.03. The number of rotatable bonds is 4. The minimum absolute atomic E-state index is 0.0183. The lowest BCUT2D eigenvalue weighted by Crippen LogP contribution is -2.44. The van der Waals surface area contributed by atoms with Gasteiger partial charge in [0.2, 0.25) is 0 Å². The molecule has 0 aliphatic carbocycles. The monoisotopic (exact) mass is 340 g/mol. The Morgan fingerprint density at radius 3 is 2.46 bits per heavy atom. The van der Waals surface area contributed by atoms with Crippen LogP contribution in [0.15, 0.2) is 54.6 Å². The van der Waals surface area contributed by atoms with Crippen molar-refractivity contribution in [3.8, 4) is 0 Å². The van der Waals surface area contributed by atoms with E-state index in [2.05, 4.69) is 16.8 Å². The van der Waals surface area contributed by atoms with Crippen LogP contribution in [0.25, 0.3) is 6.08 Å². The van der Waals surface area contributed by atoms with Gasteiger partial charge in [0.05, 0.1) is 0 Å². The van der Waals surface area contributed by atoms with E-state index in [9.17, 15) is 4.79 Å². The number of carbonyl (C=O) groups excluding carboxylic acids is 1. The highest BCUT2D eigenvalue weighted by molar-refractivity contribution is 6.31. The first-order valence-corrected chi connectivity index (χ1v) is 8.52. The van der Waals surface area contributed by atoms with Gasteiger partial charge in [0, 0.05) is 42.5 Å². The summed E-state index contributed by atoms with van der Waals surface area (Å²) in [6.45, 7) is 3.83. The zero-order chi connectivity index (χ0) is 16.9. The molecule has 0 aromatic heterocycles. The zero-order valence-electron chi connectivity index (χ0n) is 13.8. The first-order valence-electron chi connectivity index (χ1n) is 8.14. The van der Waals surface area contributed by atoms with Gasteiger partial charge in [-0.05, 0) is 36.9 Å². The molecule has 1 saturated heterocycles. The standard InChI is InChI=1S/C20H21ClN2O/c1-22-11-13-23(14-12-22)19-9-8-17(21)15-18(19)20(24)10-7-16-5-3-2-4-6-16/h2-10,15H,11-14H2,1H3/b10-7+. The Morgan fingerprint density at radius 1 is 1.04 bits per heavy atom. The second-order valence-electron chi connectivity index (χ2n) is 6.06. The number of hydrogen-bond acceptors (Lipinski definition) is 3. The van der Waals surface area contributed by atoms with E-state index < -0.39 is 0 Å². The van der Waals surface area contributed by atoms with Crippen molar-refractivity contribution in [1.82, 2.24) is 4.90 Å². The minimum atomic E-state index is -0.0183. The van der Waals surface area contributed by atoms with Crippen LogP contribution in [0.3, 0.4) is 0 Å². The van der Waals surface area contributed by atoms with E-state index >= 15 is 0 Å². The largest absolute Gasteiger partial charge is 0.368 e. The summed E-state index contributed by atoms with van der Waals surface area (Å²) in [5.41, 5.74) is 2.64. The minimum Gasteiger partial charge on any atom is -0.368 e. The summed E-state index contributed by atoms with van der Waals surface area (Å²) < 4.78 is 0. The van der Waals surface area contributed by atoms with Crippen molar-refractivity contribution < 1.29 is 4.79 Å². The maximum atomic E-state index is 12.7. The van der Waals surface area contributed by atoms with E-state index in [0.717, 1.165) is 37.4 Å². The van der Waals surface area contributed by atoms with Crippen molar-refractivity contribution >= 4 is 29.1 Å². The van der Waals surface area contributed by atoms with Crippen LogP contribution in [-0.2, 0) is 0 Å². The Bertz CT molecular complexity index is 735. The first-order chi connectivity index (χ1) is 11.6. The van der Waals surface area contributed by atoms with Crippen LogP contribution in [0.5, 0.6) is 0 Å². The van der Waals surface area contributed by atoms with Gasteiger partial charge in [-0.25, -0.2) is 0 Å². The summed E-state index contributed by atoms with van der Waals surface area (Å²) in [6, 6.07) is 15.4. The fourth-order valence-electron chi connectivity index (χ4n) is 2.85. The molecule has 2 aromatic carbocycles. The third kappa shape index (κ3) is 4.05. The van der Waals surface area contributed by atoms with E-state index in [1.54, 1.807) is 12.1 Å². The SMILES string of the molecule is CN1CCN(c2ccc(Cl)cc2C(=O)/C=C/c2ccccc2)CC1. The maximum absolute atomic E-state index is 12.7. The highest BCUT2D eigenvalue weighted by Gasteiger charge is 2.19. The number of likely N-dealkylation sites (N-methyl/N-ethyl adjacent to an activating group) is 1. The number of hydrogen-bond donors (Lipinski definition) is 0. The van der Waals surface area contributed by atoms with Gasteiger partial charge in [0.1, 0.15) is 0 Å². The van der Waals surface area contributed by atoms with Gasteiger partial charge in [-0.3, -0.25) is 4.79 Å². The molecule has 124 valence electrons. The van der Waals surface area contributed by atoms with Crippen LogP contribution in [0.1, 0.15) is 15.9 Å². The van der Waals surface area contributed by atoms with Gasteiger partial charge in [-0.2, -0.15) is 0 Å². The molecule has 3 rings (SSSR count). The highest BCUT2D eigenvalue weighted by Crippen LogP contribution is 2.26. The molecule has 0 bridgehead atoms. The Labute approximate surface area is 148 Å². The molecule has 2 aromatic rings. The molecular formula is C20H21ClN2O. The normalized spacial score (nSPS) is 15.8. The van der Waals surface area contributed by atoms with Crippen LogP contribution in [-0.4, -0.2) is 43.9 Å². The van der Waals surface area contributed by atoms with Crippen molar-refractivity contribution in [3.05, 3.63) is 70.8 Å². The lowest BCUT2D eigenvalue weighted by atomic mass is 10.1. The van der Waals surface area contributed by atoms with E-state index in [1.807, 2.05) is 48.5 Å². The van der Waals surface area contributed by atoms with Gasteiger partial charge in [0.15, 0.2) is 5.78 Å². The van der Waals surface area contributed by atoms with Gasteiger partial charge < -0.3 is 9.80 Å². The molecule has 0 spiro atoms. The zero-order valence-corrected chi connectivity index (χ0v) is 14.5. The molecule has 3 nitrogen and oxygen atoms in total. The summed E-state index contributed by atoms with van der Waals surface area (Å²) in [5, 5.41) is 0.587. The van der Waals surface area contributed by atoms with E-state index in [4.69, 9.17) is 11.6 Å². The average molecular weight is 341 g/mol. The summed E-state index contributed by atoms with van der Waals surface area (Å²) >= 11 is 6.14. The molecule has 0 amide bonds. The van der Waals surface area contributed by atoms with Crippen LogP contribution >= 0.6 is 11.6 Å². The first kappa shape index (κ1) is 16.7. The van der Waals surface area contributed by atoms with Gasteiger partial charge in [-0.15, -0.1) is 0 Å². The number of benzene rings is 2. The lowest BCUT2D eigenvalue weighted by Gasteiger charge is -2.35. The molecule has 1 heterocycles. The number of ketones is 1. The summed E-state index contributed by atoms with van der Waals surface area (Å²) in [4.78, 5) is 17.3. The fraction of sp³-hybridized carbons (Fsp3) is 0.250. The van der Waals surface area contributed by atoms with Crippen molar-refractivity contribution in [2.45, 2.75) is 0 Å². The number of allylic oxidation sites excluding steroid dienone is 1. The number of carbonyl (C=O) groups is 1. The highest BCUT2D eigenvalue weighted by atomic mass is 35.5. The van der Waals surface area contributed by atoms with Crippen LogP contribution in [0.4, 0.5) is 5.69 Å². The third-order valence-corrected chi connectivity index (χ3v) is 4.53. The second kappa shape index (κ2) is 7.65. The smallest absolute Gasteiger partial charge is 0.187 e. The van der Waals surface area contributed by atoms with Crippen LogP contribution < -0.4 is 4.90 Å². The molecule has 0 saturated carbocycles. The Morgan fingerprint density at radius 2 is 1.75 bits per heavy atom. The summed E-state index contributed by atoms with van der Waals surface area (Å²) in [7, 11) is 2.12. The molecule has 0 atom stereocenters. The summed E-state index contributed by atoms with van der Waals surface area (Å²) in [5.74, 6) is -0.0183. The van der Waals surface area contributed by atoms with E-state index in [1.165, 1.54) is 0 Å². The average Bonchev–Trinajstić information content (AvgIpc) is 2.61. The predicted molar refractivity (Wildman–Crippen MR) is 101 cm³/mol. The topological polar surface area (TPSA) is 23.6 Å². The van der Waals surface area contributed by atoms with E-state index in [0.29, 0.717) is 10.6 Å². The molecule has 0 radical (unpaired) electrons. The molecule has 24 heavy (non-hydrogen) atoms. The van der Waals surface area contributed by atoms with Crippen LogP contribution in [0.2, 0.25) is 5.02 Å². The third-order valence-electron chi connectivity index (χ3n) is 4.29. The Kier molecular flexibility index (Phi) is 5.34. The predicted octanol–water partition coefficient (Wildman–Crippen LogP) is 3.99. The molecule has 1 aliphatic heterocycles. The number of nitrogens with zero attached hydrogens (tertiary/aromatic N) is 2. The number of piperazine rings is 1. The molecule has 0 unspecified atom stereocenters. The summed E-state index contributed by atoms with van der Waals surface area (Å²) in [6.07, 6.45) is 3.47. The molecule has 1 fully saturated rings. The molecule has 0 N–H and O–H groups in total. The van der Waals surface area contributed by atoms with Gasteiger partial charge in [0.25, 0.3) is 0 Å². The van der Waals surface area contributed by atoms with Crippen molar-refractivity contribution in [1.29, 1.82) is 0 Å². The number of anilines is 1. The van der Waals surface area contributed by atoms with Gasteiger partial charge in [-0.1, -0.05) is 48.0 Å². The van der Waals surface area contributed by atoms with Crippen molar-refractivity contribution in [2.75, 3.05) is 38.1 Å². The molecule has 4 heteroatoms. The Hall–Kier alpha value is -2.10. The van der Waals surface area contributed by atoms with Gasteiger partial charge >= 0.3 is 0 Å². The number of halogens is 1. The lowest BCUT2D eigenvalue weighted by molar-refractivity contribution is 0.104. The van der Waals surface area contributed by atoms with Crippen LogP contribution in [0, 0.1) is 0 Å².